The zero-order valence-electron chi connectivity index (χ0n) is 50.1. The number of hydrogen-bond acceptors (Lipinski definition) is 11. The van der Waals surface area contributed by atoms with Gasteiger partial charge in [0.1, 0.15) is 41.7 Å². The van der Waals surface area contributed by atoms with Crippen LogP contribution in [-0.4, -0.2) is 150 Å². The summed E-state index contributed by atoms with van der Waals surface area (Å²) in [5.74, 6) is 1.17. The molecule has 0 aliphatic carbocycles. The number of methoxy groups -OCH3 is 2. The van der Waals surface area contributed by atoms with Gasteiger partial charge in [-0.1, -0.05) is 152 Å². The van der Waals surface area contributed by atoms with Crippen molar-refractivity contribution >= 4 is 33.8 Å². The van der Waals surface area contributed by atoms with Crippen LogP contribution in [0.3, 0.4) is 0 Å². The number of H-pyrrole nitrogens is 1. The van der Waals surface area contributed by atoms with Crippen LogP contribution >= 0.6 is 15.9 Å². The lowest BCUT2D eigenvalue weighted by molar-refractivity contribution is 0.0140. The van der Waals surface area contributed by atoms with Gasteiger partial charge >= 0.3 is 17.5 Å². The predicted molar refractivity (Wildman–Crippen MR) is 352 cm³/mol. The van der Waals surface area contributed by atoms with Crippen molar-refractivity contribution in [2.45, 2.75) is 66.9 Å². The zero-order chi connectivity index (χ0) is 61.2. The van der Waals surface area contributed by atoms with E-state index in [1.807, 2.05) is 191 Å². The molecule has 2 N–H and O–H groups in total. The number of benzene rings is 6. The number of carbonyl (C=O) groups excluding carboxylic acids is 3. The number of alkyl halides is 1. The number of imidazole rings is 2. The second-order valence-corrected chi connectivity index (χ2v) is 22.2. The van der Waals surface area contributed by atoms with Gasteiger partial charge in [-0.25, -0.2) is 14.4 Å². The Morgan fingerprint density at radius 1 is 0.545 bits per heavy atom. The summed E-state index contributed by atoms with van der Waals surface area (Å²) in [4.78, 5) is 75.5. The van der Waals surface area contributed by atoms with E-state index in [-0.39, 0.29) is 56.4 Å². The number of rotatable bonds is 17. The number of para-hydroxylation sites is 2. The highest BCUT2D eigenvalue weighted by Crippen LogP contribution is 2.31. The fraction of sp³-hybridized carbons (Fsp3) is 0.348. The van der Waals surface area contributed by atoms with Gasteiger partial charge in [0.2, 0.25) is 0 Å². The molecular weight excluding hydrogens is 1180 g/mol. The van der Waals surface area contributed by atoms with E-state index < -0.39 is 5.60 Å². The standard InChI is InChI=1S/C31H34N4O4.C26H30N4O4.C10H13BrO2.2CH4/c1-23-9-6-7-14-27(23)35-28(25-11-4-3-5-12-25)29(30(36)33-17-15-32-16-18-33)34(31(35)37)22-24-10-8-13-26(21-24)39-20-19-38-2;1-18-10-8-9-13-20(18)30-22(19-11-6-5-7-12-19)21(27-24(30)32)23(31)28-14-16-29(17-15-28)25(33)34-26(2,3)4;1-12-5-6-13-10-4-2-3-9(7-10)8-11;;/h3-14,21,32H,15-20,22H2,1-2H3;5-13H,14-17H2,1-4H3,(H,27,32);2-4,7H,5-6,8H2,1H3;2*1H4. The van der Waals surface area contributed by atoms with Crippen LogP contribution in [0.4, 0.5) is 4.79 Å². The summed E-state index contributed by atoms with van der Waals surface area (Å²) in [6, 6.07) is 50.1. The predicted octanol–water partition coefficient (Wildman–Crippen LogP) is 11.4. The maximum Gasteiger partial charge on any atom is 0.410 e. The first-order chi connectivity index (χ1) is 41.6. The Balaban J connectivity index is 0.000000231. The van der Waals surface area contributed by atoms with Gasteiger partial charge in [0, 0.05) is 83.0 Å². The van der Waals surface area contributed by atoms with E-state index >= 15 is 0 Å². The number of ether oxygens (including phenoxy) is 5. The number of carbonyl (C=O) groups is 3. The molecule has 2 aliphatic rings. The van der Waals surface area contributed by atoms with E-state index in [1.165, 1.54) is 5.56 Å². The number of aryl methyl sites for hydroxylation is 2. The summed E-state index contributed by atoms with van der Waals surface area (Å²) in [7, 11) is 3.30. The van der Waals surface area contributed by atoms with Crippen molar-refractivity contribution in [3.63, 3.8) is 0 Å². The van der Waals surface area contributed by atoms with E-state index in [9.17, 15) is 24.0 Å². The molecule has 2 saturated heterocycles. The van der Waals surface area contributed by atoms with Gasteiger partial charge in [-0.15, -0.1) is 0 Å². The molecule has 4 heterocycles. The molecule has 88 heavy (non-hydrogen) atoms. The first-order valence-electron chi connectivity index (χ1n) is 28.8. The first-order valence-corrected chi connectivity index (χ1v) is 29.9. The molecule has 0 atom stereocenters. The Morgan fingerprint density at radius 2 is 1.02 bits per heavy atom. The van der Waals surface area contributed by atoms with Crippen molar-refractivity contribution in [3.05, 3.63) is 212 Å². The van der Waals surface area contributed by atoms with E-state index in [4.69, 9.17) is 23.7 Å². The second kappa shape index (κ2) is 33.0. The minimum atomic E-state index is -0.577. The summed E-state index contributed by atoms with van der Waals surface area (Å²) in [5, 5.41) is 4.16. The number of aromatic amines is 1. The van der Waals surface area contributed by atoms with Gasteiger partial charge in [0.15, 0.2) is 0 Å². The van der Waals surface area contributed by atoms with E-state index in [2.05, 4.69) is 32.3 Å². The summed E-state index contributed by atoms with van der Waals surface area (Å²) in [6.45, 7) is 15.8. The molecule has 0 radical (unpaired) electrons. The average Bonchev–Trinajstić information content (AvgIpc) is 1.64. The molecular formula is C69H85BrN8O10. The van der Waals surface area contributed by atoms with Gasteiger partial charge < -0.3 is 48.7 Å². The topological polar surface area (TPSA) is 184 Å². The van der Waals surface area contributed by atoms with Crippen molar-refractivity contribution < 1.29 is 38.1 Å². The van der Waals surface area contributed by atoms with Gasteiger partial charge in [-0.3, -0.25) is 23.3 Å². The Morgan fingerprint density at radius 3 is 1.55 bits per heavy atom. The first kappa shape index (κ1) is 68.6. The molecule has 0 bridgehead atoms. The monoisotopic (exact) mass is 1260 g/mol. The van der Waals surface area contributed by atoms with Crippen LogP contribution in [0.2, 0.25) is 0 Å². The Bertz CT molecular complexity index is 3650. The smallest absolute Gasteiger partial charge is 0.410 e. The van der Waals surface area contributed by atoms with Crippen LogP contribution in [0.5, 0.6) is 11.5 Å². The molecule has 0 unspecified atom stereocenters. The van der Waals surface area contributed by atoms with Crippen molar-refractivity contribution in [2.75, 3.05) is 93.0 Å². The van der Waals surface area contributed by atoms with Crippen LogP contribution in [-0.2, 0) is 26.1 Å². The molecule has 0 saturated carbocycles. The van der Waals surface area contributed by atoms with Crippen LogP contribution in [0.15, 0.2) is 167 Å². The highest BCUT2D eigenvalue weighted by Gasteiger charge is 2.33. The summed E-state index contributed by atoms with van der Waals surface area (Å²) in [6.07, 6.45) is -0.385. The maximum atomic E-state index is 14.3. The van der Waals surface area contributed by atoms with Crippen LogP contribution in [0.1, 0.15) is 78.9 Å². The van der Waals surface area contributed by atoms with Crippen LogP contribution < -0.4 is 26.2 Å². The lowest BCUT2D eigenvalue weighted by Crippen LogP contribution is -2.51. The number of nitrogens with zero attached hydrogens (tertiary/aromatic N) is 6. The number of piperazine rings is 2. The Labute approximate surface area is 525 Å². The lowest BCUT2D eigenvalue weighted by atomic mass is 10.1. The minimum absolute atomic E-state index is 0. The quantitative estimate of drug-likeness (QED) is 0.0653. The average molecular weight is 1270 g/mol. The van der Waals surface area contributed by atoms with E-state index in [1.54, 1.807) is 37.7 Å². The molecule has 19 heteroatoms. The SMILES string of the molecule is C.C.COCCOc1cccc(CBr)c1.COCCOc1cccc(Cn2c(C(=O)N3CCNCC3)c(-c3ccccc3)n(-c3ccccc3C)c2=O)c1.Cc1ccccc1-n1c(-c2ccccc2)c(C(=O)N2CCN(C(=O)OC(C)(C)C)CC2)[nH]c1=O. The highest BCUT2D eigenvalue weighted by molar-refractivity contribution is 9.08. The van der Waals surface area contributed by atoms with Crippen molar-refractivity contribution in [1.29, 1.82) is 0 Å². The lowest BCUT2D eigenvalue weighted by Gasteiger charge is -2.35. The molecule has 2 aliphatic heterocycles. The van der Waals surface area contributed by atoms with Crippen molar-refractivity contribution in [2.24, 2.45) is 0 Å². The number of nitrogens with one attached hydrogen (secondary N) is 2. The molecule has 2 aromatic heterocycles. The molecule has 6 aromatic carbocycles. The van der Waals surface area contributed by atoms with Gasteiger partial charge in [-0.2, -0.15) is 0 Å². The number of hydrogen-bond donors (Lipinski definition) is 2. The van der Waals surface area contributed by atoms with Gasteiger partial charge in [0.05, 0.1) is 42.5 Å². The molecule has 0 spiro atoms. The molecule has 18 nitrogen and oxygen atoms in total. The largest absolute Gasteiger partial charge is 0.491 e. The summed E-state index contributed by atoms with van der Waals surface area (Å²) < 4.78 is 31.6. The summed E-state index contributed by atoms with van der Waals surface area (Å²) >= 11 is 3.39. The van der Waals surface area contributed by atoms with Gasteiger partial charge in [-0.05, 0) is 93.3 Å². The number of amides is 3. The Hall–Kier alpha value is -8.49. The Kier molecular flexibility index (Phi) is 25.8. The third-order valence-corrected chi connectivity index (χ3v) is 14.9. The third-order valence-electron chi connectivity index (χ3n) is 14.3. The molecule has 468 valence electrons. The fourth-order valence-electron chi connectivity index (χ4n) is 10.0. The van der Waals surface area contributed by atoms with Gasteiger partial charge in [0.25, 0.3) is 11.8 Å². The molecule has 2 fully saturated rings. The zero-order valence-corrected chi connectivity index (χ0v) is 51.6. The minimum Gasteiger partial charge on any atom is -0.491 e. The molecule has 8 aromatic rings. The van der Waals surface area contributed by atoms with E-state index in [0.717, 1.165) is 63.4 Å². The van der Waals surface area contributed by atoms with E-state index in [0.29, 0.717) is 88.5 Å². The summed E-state index contributed by atoms with van der Waals surface area (Å²) in [5.41, 5.74) is 7.56. The number of halogens is 1. The van der Waals surface area contributed by atoms with Crippen LogP contribution in [0.25, 0.3) is 33.9 Å². The second-order valence-electron chi connectivity index (χ2n) is 21.6. The normalized spacial score (nSPS) is 12.9. The maximum absolute atomic E-state index is 14.3. The fourth-order valence-corrected chi connectivity index (χ4v) is 10.4. The molecule has 3 amide bonds. The van der Waals surface area contributed by atoms with Crippen molar-refractivity contribution in [3.8, 4) is 45.4 Å². The number of aromatic nitrogens is 4. The highest BCUT2D eigenvalue weighted by atomic mass is 79.9. The third kappa shape index (κ3) is 17.6. The molecule has 10 rings (SSSR count). The van der Waals surface area contributed by atoms with Crippen LogP contribution in [0, 0.1) is 13.8 Å². The van der Waals surface area contributed by atoms with Crippen molar-refractivity contribution in [1.82, 2.24) is 38.7 Å².